The van der Waals surface area contributed by atoms with Gasteiger partial charge in [-0.1, -0.05) is 22.9 Å². The number of hydrogen-bond acceptors (Lipinski definition) is 2. The largest absolute Gasteiger partial charge is 0.481 e. The van der Waals surface area contributed by atoms with Crippen LogP contribution in [0.4, 0.5) is 0 Å². The van der Waals surface area contributed by atoms with E-state index in [1.54, 1.807) is 0 Å². The molecular weight excluding hydrogens is 320 g/mol. The Bertz CT molecular complexity index is 661. The highest BCUT2D eigenvalue weighted by Gasteiger charge is 2.28. The van der Waals surface area contributed by atoms with Crippen LogP contribution in [0.25, 0.3) is 11.0 Å². The fourth-order valence-electron chi connectivity index (χ4n) is 2.69. The standard InChI is InChI=1S/C15H17BrN2O2/c1-9(7-15(19)20)6-14-17-12-8-10(16)2-5-13(12)18(14)11-3-4-11/h2,5,8-9,11H,3-4,6-7H2,1H3,(H,19,20). The monoisotopic (exact) mass is 336 g/mol. The van der Waals surface area contributed by atoms with Gasteiger partial charge in [0, 0.05) is 23.4 Å². The second-order valence-electron chi connectivity index (χ2n) is 5.67. The third-order valence-corrected chi connectivity index (χ3v) is 4.18. The molecule has 1 aromatic heterocycles. The summed E-state index contributed by atoms with van der Waals surface area (Å²) >= 11 is 3.48. The highest BCUT2D eigenvalue weighted by Crippen LogP contribution is 2.39. The fourth-order valence-corrected chi connectivity index (χ4v) is 3.04. The Hall–Kier alpha value is -1.36. The van der Waals surface area contributed by atoms with Gasteiger partial charge in [-0.25, -0.2) is 4.98 Å². The molecule has 0 spiro atoms. The van der Waals surface area contributed by atoms with Crippen molar-refractivity contribution in [1.29, 1.82) is 0 Å². The van der Waals surface area contributed by atoms with E-state index in [4.69, 9.17) is 10.1 Å². The number of carboxylic acids is 1. The Kier molecular flexibility index (Phi) is 3.54. The van der Waals surface area contributed by atoms with E-state index >= 15 is 0 Å². The van der Waals surface area contributed by atoms with Crippen LogP contribution in [0.1, 0.15) is 38.1 Å². The molecule has 1 aliphatic carbocycles. The van der Waals surface area contributed by atoms with Gasteiger partial charge in [0.1, 0.15) is 5.82 Å². The maximum absolute atomic E-state index is 10.8. The van der Waals surface area contributed by atoms with Crippen molar-refractivity contribution in [3.63, 3.8) is 0 Å². The number of benzene rings is 1. The number of hydrogen-bond donors (Lipinski definition) is 1. The predicted molar refractivity (Wildman–Crippen MR) is 80.8 cm³/mol. The summed E-state index contributed by atoms with van der Waals surface area (Å²) in [4.78, 5) is 15.5. The number of imidazole rings is 1. The van der Waals surface area contributed by atoms with Gasteiger partial charge in [-0.3, -0.25) is 4.79 Å². The van der Waals surface area contributed by atoms with Crippen molar-refractivity contribution in [1.82, 2.24) is 9.55 Å². The molecule has 1 heterocycles. The topological polar surface area (TPSA) is 55.1 Å². The quantitative estimate of drug-likeness (QED) is 0.903. The normalized spacial score (nSPS) is 16.5. The predicted octanol–water partition coefficient (Wildman–Crippen LogP) is 3.79. The first-order valence-corrected chi connectivity index (χ1v) is 7.72. The van der Waals surface area contributed by atoms with Crippen LogP contribution in [0.2, 0.25) is 0 Å². The molecule has 4 nitrogen and oxygen atoms in total. The van der Waals surface area contributed by atoms with Crippen LogP contribution in [-0.4, -0.2) is 20.6 Å². The molecule has 1 N–H and O–H groups in total. The van der Waals surface area contributed by atoms with Gasteiger partial charge in [-0.05, 0) is 37.0 Å². The van der Waals surface area contributed by atoms with Crippen LogP contribution in [0.3, 0.4) is 0 Å². The molecule has 1 aliphatic rings. The van der Waals surface area contributed by atoms with Gasteiger partial charge in [0.15, 0.2) is 0 Å². The maximum Gasteiger partial charge on any atom is 0.303 e. The highest BCUT2D eigenvalue weighted by atomic mass is 79.9. The summed E-state index contributed by atoms with van der Waals surface area (Å²) in [7, 11) is 0. The lowest BCUT2D eigenvalue weighted by Gasteiger charge is -2.11. The van der Waals surface area contributed by atoms with Crippen LogP contribution in [0.5, 0.6) is 0 Å². The molecule has 1 saturated carbocycles. The first-order valence-electron chi connectivity index (χ1n) is 6.92. The van der Waals surface area contributed by atoms with E-state index in [0.717, 1.165) is 27.8 Å². The minimum absolute atomic E-state index is 0.102. The Morgan fingerprint density at radius 3 is 2.95 bits per heavy atom. The average molecular weight is 337 g/mol. The van der Waals surface area contributed by atoms with Crippen LogP contribution < -0.4 is 0 Å². The Balaban J connectivity index is 1.96. The van der Waals surface area contributed by atoms with E-state index in [1.165, 1.54) is 12.8 Å². The molecule has 3 rings (SSSR count). The summed E-state index contributed by atoms with van der Waals surface area (Å²) < 4.78 is 3.33. The van der Waals surface area contributed by atoms with Gasteiger partial charge in [-0.2, -0.15) is 0 Å². The number of nitrogens with zero attached hydrogens (tertiary/aromatic N) is 2. The molecule has 0 bridgehead atoms. The second kappa shape index (κ2) is 5.20. The van der Waals surface area contributed by atoms with Gasteiger partial charge < -0.3 is 9.67 Å². The first kappa shape index (κ1) is 13.6. The van der Waals surface area contributed by atoms with Crippen LogP contribution in [0.15, 0.2) is 22.7 Å². The Morgan fingerprint density at radius 2 is 2.30 bits per heavy atom. The second-order valence-corrected chi connectivity index (χ2v) is 6.59. The zero-order chi connectivity index (χ0) is 14.3. The van der Waals surface area contributed by atoms with Gasteiger partial charge in [-0.15, -0.1) is 0 Å². The van der Waals surface area contributed by atoms with Crippen molar-refractivity contribution in [2.75, 3.05) is 0 Å². The number of halogens is 1. The van der Waals surface area contributed by atoms with Crippen molar-refractivity contribution in [3.05, 3.63) is 28.5 Å². The molecule has 1 fully saturated rings. The number of fused-ring (bicyclic) bond motifs is 1. The van der Waals surface area contributed by atoms with E-state index in [1.807, 2.05) is 19.1 Å². The molecule has 20 heavy (non-hydrogen) atoms. The lowest BCUT2D eigenvalue weighted by Crippen LogP contribution is -2.11. The molecule has 2 aromatic rings. The molecule has 0 radical (unpaired) electrons. The Labute approximate surface area is 125 Å². The van der Waals surface area contributed by atoms with Gasteiger partial charge in [0.2, 0.25) is 0 Å². The van der Waals surface area contributed by atoms with Crippen molar-refractivity contribution in [3.8, 4) is 0 Å². The SMILES string of the molecule is CC(CC(=O)O)Cc1nc2cc(Br)ccc2n1C1CC1. The van der Waals surface area contributed by atoms with Gasteiger partial charge >= 0.3 is 5.97 Å². The molecular formula is C15H17BrN2O2. The minimum atomic E-state index is -0.741. The lowest BCUT2D eigenvalue weighted by atomic mass is 10.0. The first-order chi connectivity index (χ1) is 9.54. The summed E-state index contributed by atoms with van der Waals surface area (Å²) in [5.41, 5.74) is 2.15. The summed E-state index contributed by atoms with van der Waals surface area (Å²) in [5, 5.41) is 8.90. The van der Waals surface area contributed by atoms with E-state index in [0.29, 0.717) is 6.04 Å². The maximum atomic E-state index is 10.8. The van der Waals surface area contributed by atoms with E-state index in [-0.39, 0.29) is 12.3 Å². The third-order valence-electron chi connectivity index (χ3n) is 3.69. The number of carboxylic acid groups (broad SMARTS) is 1. The van der Waals surface area contributed by atoms with Crippen LogP contribution in [-0.2, 0) is 11.2 Å². The fraction of sp³-hybridized carbons (Fsp3) is 0.467. The minimum Gasteiger partial charge on any atom is -0.481 e. The van der Waals surface area contributed by atoms with Crippen molar-refractivity contribution in [2.24, 2.45) is 5.92 Å². The zero-order valence-corrected chi connectivity index (χ0v) is 12.9. The average Bonchev–Trinajstić information content (AvgIpc) is 3.10. The molecule has 0 aliphatic heterocycles. The molecule has 0 saturated heterocycles. The van der Waals surface area contributed by atoms with Gasteiger partial charge in [0.25, 0.3) is 0 Å². The summed E-state index contributed by atoms with van der Waals surface area (Å²) in [6.07, 6.45) is 3.30. The number of aliphatic carboxylic acids is 1. The molecule has 0 amide bonds. The number of aromatic nitrogens is 2. The number of carbonyl (C=O) groups is 1. The summed E-state index contributed by atoms with van der Waals surface area (Å²) in [6, 6.07) is 6.71. The van der Waals surface area contributed by atoms with Crippen molar-refractivity contribution >= 4 is 32.9 Å². The number of rotatable bonds is 5. The Morgan fingerprint density at radius 1 is 1.55 bits per heavy atom. The summed E-state index contributed by atoms with van der Waals surface area (Å²) in [5.74, 6) is 0.383. The molecule has 5 heteroatoms. The van der Waals surface area contributed by atoms with Crippen LogP contribution in [0, 0.1) is 5.92 Å². The van der Waals surface area contributed by atoms with Gasteiger partial charge in [0.05, 0.1) is 11.0 Å². The van der Waals surface area contributed by atoms with Crippen molar-refractivity contribution < 1.29 is 9.90 Å². The smallest absolute Gasteiger partial charge is 0.303 e. The molecule has 1 aromatic carbocycles. The highest BCUT2D eigenvalue weighted by molar-refractivity contribution is 9.10. The third kappa shape index (κ3) is 2.73. The summed E-state index contributed by atoms with van der Waals surface area (Å²) in [6.45, 7) is 1.97. The molecule has 106 valence electrons. The lowest BCUT2D eigenvalue weighted by molar-refractivity contribution is -0.137. The van der Waals surface area contributed by atoms with E-state index in [2.05, 4.69) is 26.6 Å². The van der Waals surface area contributed by atoms with Crippen LogP contribution >= 0.6 is 15.9 Å². The van der Waals surface area contributed by atoms with E-state index < -0.39 is 5.97 Å². The molecule has 1 atom stereocenters. The zero-order valence-electron chi connectivity index (χ0n) is 11.3. The van der Waals surface area contributed by atoms with E-state index in [9.17, 15) is 4.79 Å². The molecule has 1 unspecified atom stereocenters. The van der Waals surface area contributed by atoms with Crippen molar-refractivity contribution in [2.45, 2.75) is 38.6 Å².